The molecule has 1 amide bonds. The molecule has 0 radical (unpaired) electrons. The summed E-state index contributed by atoms with van der Waals surface area (Å²) in [6, 6.07) is 10.5. The first-order valence-electron chi connectivity index (χ1n) is 7.83. The maximum Gasteiger partial charge on any atom is 0.258 e. The fourth-order valence-electron chi connectivity index (χ4n) is 2.22. The van der Waals surface area contributed by atoms with Gasteiger partial charge in [-0.1, -0.05) is 23.7 Å². The minimum atomic E-state index is -0.759. The Morgan fingerprint density at radius 3 is 2.85 bits per heavy atom. The van der Waals surface area contributed by atoms with E-state index in [-0.39, 0.29) is 12.5 Å². The summed E-state index contributed by atoms with van der Waals surface area (Å²) in [5, 5.41) is 13.2. The van der Waals surface area contributed by atoms with E-state index in [1.165, 1.54) is 6.26 Å². The number of aromatic nitrogens is 2. The van der Waals surface area contributed by atoms with Crippen LogP contribution < -0.4 is 10.1 Å². The maximum atomic E-state index is 11.9. The average molecular weight is 394 g/mol. The van der Waals surface area contributed by atoms with Gasteiger partial charge < -0.3 is 19.6 Å². The van der Waals surface area contributed by atoms with Crippen molar-refractivity contribution in [3.63, 3.8) is 0 Å². The van der Waals surface area contributed by atoms with Crippen molar-refractivity contribution in [2.45, 2.75) is 12.5 Å². The standard InChI is InChI=1S/C17H16ClN3O4S/c18-12-5-3-11(4-6-12)16-17(21-26-20-16)25-10-15(23)19-8-7-13(22)14-2-1-9-24-14/h1-6,9,13,22H,7-8,10H2,(H,19,23). The Hall–Kier alpha value is -2.42. The zero-order chi connectivity index (χ0) is 18.4. The number of halogens is 1. The molecular formula is C17H16ClN3O4S. The normalized spacial score (nSPS) is 11.9. The number of amides is 1. The molecule has 1 atom stereocenters. The van der Waals surface area contributed by atoms with E-state index in [4.69, 9.17) is 20.8 Å². The third-order valence-corrected chi connectivity index (χ3v) is 4.29. The Morgan fingerprint density at radius 1 is 1.31 bits per heavy atom. The van der Waals surface area contributed by atoms with Gasteiger partial charge in [-0.2, -0.15) is 4.37 Å². The fraction of sp³-hybridized carbons (Fsp3) is 0.235. The molecule has 1 unspecified atom stereocenters. The fourth-order valence-corrected chi connectivity index (χ4v) is 2.86. The minimum absolute atomic E-state index is 0.192. The molecule has 2 aromatic heterocycles. The SMILES string of the molecule is O=C(COc1nsnc1-c1ccc(Cl)cc1)NCCC(O)c1ccco1. The second-order valence-corrected chi connectivity index (χ2v) is 6.35. The van der Waals surface area contributed by atoms with E-state index in [2.05, 4.69) is 14.1 Å². The van der Waals surface area contributed by atoms with Gasteiger partial charge in [0.1, 0.15) is 17.6 Å². The van der Waals surface area contributed by atoms with Gasteiger partial charge in [0, 0.05) is 17.1 Å². The van der Waals surface area contributed by atoms with Gasteiger partial charge in [0.15, 0.2) is 6.61 Å². The molecule has 3 aromatic rings. The van der Waals surface area contributed by atoms with Gasteiger partial charge in [-0.3, -0.25) is 4.79 Å². The molecule has 136 valence electrons. The van der Waals surface area contributed by atoms with Crippen LogP contribution in [-0.2, 0) is 4.79 Å². The van der Waals surface area contributed by atoms with Crippen molar-refractivity contribution in [3.8, 4) is 17.1 Å². The first-order valence-corrected chi connectivity index (χ1v) is 8.94. The van der Waals surface area contributed by atoms with Crippen LogP contribution in [0, 0.1) is 0 Å². The molecule has 0 bridgehead atoms. The van der Waals surface area contributed by atoms with Crippen molar-refractivity contribution in [3.05, 3.63) is 53.4 Å². The molecule has 2 N–H and O–H groups in total. The van der Waals surface area contributed by atoms with Gasteiger partial charge in [-0.25, -0.2) is 0 Å². The molecule has 1 aromatic carbocycles. The second-order valence-electron chi connectivity index (χ2n) is 5.38. The highest BCUT2D eigenvalue weighted by Crippen LogP contribution is 2.28. The Labute approximate surface area is 158 Å². The topological polar surface area (TPSA) is 97.5 Å². The predicted molar refractivity (Wildman–Crippen MR) is 97.1 cm³/mol. The molecule has 0 aliphatic heterocycles. The van der Waals surface area contributed by atoms with Crippen molar-refractivity contribution in [1.82, 2.24) is 14.1 Å². The van der Waals surface area contributed by atoms with Crippen molar-refractivity contribution in [1.29, 1.82) is 0 Å². The average Bonchev–Trinajstić information content (AvgIpc) is 3.32. The Balaban J connectivity index is 1.46. The summed E-state index contributed by atoms with van der Waals surface area (Å²) in [5.41, 5.74) is 1.37. The number of hydrogen-bond acceptors (Lipinski definition) is 7. The number of hydrogen-bond donors (Lipinski definition) is 2. The van der Waals surface area contributed by atoms with E-state index >= 15 is 0 Å². The third kappa shape index (κ3) is 4.81. The molecule has 2 heterocycles. The van der Waals surface area contributed by atoms with Crippen molar-refractivity contribution >= 4 is 29.2 Å². The summed E-state index contributed by atoms with van der Waals surface area (Å²) in [6.07, 6.45) is 1.07. The van der Waals surface area contributed by atoms with Gasteiger partial charge in [0.05, 0.1) is 18.0 Å². The van der Waals surface area contributed by atoms with Crippen LogP contribution in [0.3, 0.4) is 0 Å². The first kappa shape index (κ1) is 18.4. The van der Waals surface area contributed by atoms with Gasteiger partial charge >= 0.3 is 0 Å². The quantitative estimate of drug-likeness (QED) is 0.610. The number of rotatable bonds is 8. The van der Waals surface area contributed by atoms with E-state index in [0.29, 0.717) is 35.3 Å². The summed E-state index contributed by atoms with van der Waals surface area (Å²) in [7, 11) is 0. The third-order valence-electron chi connectivity index (χ3n) is 3.53. The lowest BCUT2D eigenvalue weighted by atomic mass is 10.2. The van der Waals surface area contributed by atoms with E-state index in [1.807, 2.05) is 12.1 Å². The van der Waals surface area contributed by atoms with Crippen LogP contribution in [0.4, 0.5) is 0 Å². The van der Waals surface area contributed by atoms with Gasteiger partial charge in [-0.05, 0) is 30.7 Å². The smallest absolute Gasteiger partial charge is 0.258 e. The van der Waals surface area contributed by atoms with Crippen LogP contribution in [0.5, 0.6) is 5.88 Å². The summed E-state index contributed by atoms with van der Waals surface area (Å²) < 4.78 is 18.8. The minimum Gasteiger partial charge on any atom is -0.467 e. The number of nitrogens with one attached hydrogen (secondary N) is 1. The molecule has 0 spiro atoms. The number of carbonyl (C=O) groups excluding carboxylic acids is 1. The largest absolute Gasteiger partial charge is 0.467 e. The van der Waals surface area contributed by atoms with Crippen molar-refractivity contribution in [2.75, 3.05) is 13.2 Å². The lowest BCUT2D eigenvalue weighted by molar-refractivity contribution is -0.123. The Morgan fingerprint density at radius 2 is 2.12 bits per heavy atom. The molecule has 26 heavy (non-hydrogen) atoms. The van der Waals surface area contributed by atoms with Crippen molar-refractivity contribution < 1.29 is 19.1 Å². The molecule has 0 aliphatic carbocycles. The lowest BCUT2D eigenvalue weighted by Crippen LogP contribution is -2.30. The van der Waals surface area contributed by atoms with Crippen LogP contribution in [-0.4, -0.2) is 32.9 Å². The molecule has 0 aliphatic rings. The van der Waals surface area contributed by atoms with Gasteiger partial charge in [0.25, 0.3) is 11.8 Å². The van der Waals surface area contributed by atoms with E-state index < -0.39 is 6.10 Å². The zero-order valence-electron chi connectivity index (χ0n) is 13.6. The van der Waals surface area contributed by atoms with Crippen LogP contribution in [0.15, 0.2) is 47.1 Å². The predicted octanol–water partition coefficient (Wildman–Crippen LogP) is 3.07. The molecule has 0 saturated heterocycles. The van der Waals surface area contributed by atoms with Crippen LogP contribution in [0.25, 0.3) is 11.3 Å². The number of aliphatic hydroxyl groups excluding tert-OH is 1. The van der Waals surface area contributed by atoms with Crippen LogP contribution in [0.1, 0.15) is 18.3 Å². The Kier molecular flexibility index (Phi) is 6.21. The molecule has 0 fully saturated rings. The summed E-state index contributed by atoms with van der Waals surface area (Å²) in [4.78, 5) is 11.9. The number of nitrogens with zero attached hydrogens (tertiary/aromatic N) is 2. The number of ether oxygens (including phenoxy) is 1. The Bertz CT molecular complexity index is 836. The first-order chi connectivity index (χ1) is 12.6. The van der Waals surface area contributed by atoms with E-state index in [9.17, 15) is 9.90 Å². The number of furan rings is 1. The molecule has 3 rings (SSSR count). The maximum absolute atomic E-state index is 11.9. The van der Waals surface area contributed by atoms with Crippen molar-refractivity contribution in [2.24, 2.45) is 0 Å². The van der Waals surface area contributed by atoms with E-state index in [1.54, 1.807) is 24.3 Å². The summed E-state index contributed by atoms with van der Waals surface area (Å²) >= 11 is 6.88. The second kappa shape index (κ2) is 8.79. The number of carbonyl (C=O) groups is 1. The number of benzene rings is 1. The summed E-state index contributed by atoms with van der Waals surface area (Å²) in [6.45, 7) is 0.103. The summed E-state index contributed by atoms with van der Waals surface area (Å²) in [5.74, 6) is 0.450. The monoisotopic (exact) mass is 393 g/mol. The van der Waals surface area contributed by atoms with Crippen LogP contribution in [0.2, 0.25) is 5.02 Å². The molecule has 9 heteroatoms. The van der Waals surface area contributed by atoms with E-state index in [0.717, 1.165) is 17.3 Å². The lowest BCUT2D eigenvalue weighted by Gasteiger charge is -2.09. The molecule has 7 nitrogen and oxygen atoms in total. The highest BCUT2D eigenvalue weighted by molar-refractivity contribution is 6.99. The number of aliphatic hydroxyl groups is 1. The van der Waals surface area contributed by atoms with Gasteiger partial charge in [-0.15, -0.1) is 4.37 Å². The molecule has 0 saturated carbocycles. The van der Waals surface area contributed by atoms with Crippen LogP contribution >= 0.6 is 23.3 Å². The molecular weight excluding hydrogens is 378 g/mol. The highest BCUT2D eigenvalue weighted by atomic mass is 35.5. The van der Waals surface area contributed by atoms with Gasteiger partial charge in [0.2, 0.25) is 0 Å². The highest BCUT2D eigenvalue weighted by Gasteiger charge is 2.14. The zero-order valence-corrected chi connectivity index (χ0v) is 15.2.